The highest BCUT2D eigenvalue weighted by Crippen LogP contribution is 2.39. The second-order valence-corrected chi connectivity index (χ2v) is 26.0. The van der Waals surface area contributed by atoms with Gasteiger partial charge in [-0.1, -0.05) is 40.5 Å². The van der Waals surface area contributed by atoms with Crippen molar-refractivity contribution in [1.29, 1.82) is 0 Å². The number of aromatic amines is 1. The van der Waals surface area contributed by atoms with E-state index in [1.54, 1.807) is 25.3 Å². The third-order valence-corrected chi connectivity index (χ3v) is 19.1. The number of ketones is 3. The Bertz CT molecular complexity index is 2900. The Morgan fingerprint density at radius 3 is 2.27 bits per heavy atom. The molecule has 5 aliphatic rings. The number of phosphoric ester groups is 1. The fourth-order valence-corrected chi connectivity index (χ4v) is 13.6. The number of hydrogen-bond acceptors (Lipinski definition) is 20. The lowest BCUT2D eigenvalue weighted by atomic mass is 9.87. The standard InChI is InChI=1S/C53H73N8O19PS3/c1-5-26(3)47-38(63)7-8-43(66)56-36-22-83-52-33(32-11-29(41(14-34(32)58-52)79-24-80-81(74,75)76)12-39(64)30-20-77-46(78-21-30)18-55-51(72)42-23-82-25-84-42)9-28(16-54-17-44(67)59-47)10-40(65)48(27(4)6-2)60-50(71)37-13-31(62)19-61(37)53(73)35(15-45(68)69)57-49(36)70/h11,14,23,26-28,30-31,35-37,46-48,54,58,62H,5-10,12-13,15-22,24-25H2,1-4H3,(H,55,72)(H,56,66)(H,57,70)(H,59,67)(H,60,71)(H,68,69)(H2,74,75,76)/t26-,27-,28+,30?,31+,35-,36-,37-,46?,47-,48-/m0/s1. The van der Waals surface area contributed by atoms with Gasteiger partial charge in [0.2, 0.25) is 29.5 Å². The lowest BCUT2D eigenvalue weighted by molar-refractivity contribution is -0.198. The number of ether oxygens (including phenoxy) is 3. The van der Waals surface area contributed by atoms with E-state index in [4.69, 9.17) is 14.2 Å². The van der Waals surface area contributed by atoms with Crippen molar-refractivity contribution in [3.63, 3.8) is 0 Å². The zero-order valence-corrected chi connectivity index (χ0v) is 50.2. The van der Waals surface area contributed by atoms with Gasteiger partial charge in [-0.05, 0) is 47.8 Å². The van der Waals surface area contributed by atoms with Crippen LogP contribution in [0.25, 0.3) is 10.9 Å². The van der Waals surface area contributed by atoms with Gasteiger partial charge >= 0.3 is 13.8 Å². The monoisotopic (exact) mass is 1250 g/mol. The molecule has 462 valence electrons. The van der Waals surface area contributed by atoms with Crippen molar-refractivity contribution in [2.75, 3.05) is 57.0 Å². The summed E-state index contributed by atoms with van der Waals surface area (Å²) in [5, 5.41) is 40.8. The minimum absolute atomic E-state index is 0.00476. The van der Waals surface area contributed by atoms with E-state index in [1.165, 1.54) is 29.6 Å². The molecule has 2 saturated heterocycles. The van der Waals surface area contributed by atoms with Crippen LogP contribution in [0, 0.1) is 23.7 Å². The Labute approximate surface area is 496 Å². The molecular weight excluding hydrogens is 1180 g/mol. The van der Waals surface area contributed by atoms with Crippen molar-refractivity contribution >= 4 is 113 Å². The van der Waals surface area contributed by atoms with Crippen LogP contribution >= 0.6 is 43.1 Å². The fourth-order valence-electron chi connectivity index (χ4n) is 10.4. The average Bonchev–Trinajstić information content (AvgIpc) is 2.60. The Morgan fingerprint density at radius 1 is 0.893 bits per heavy atom. The van der Waals surface area contributed by atoms with Gasteiger partial charge in [0.1, 0.15) is 29.7 Å². The summed E-state index contributed by atoms with van der Waals surface area (Å²) in [5.74, 6) is -10.1. The van der Waals surface area contributed by atoms with Gasteiger partial charge < -0.3 is 76.0 Å². The van der Waals surface area contributed by atoms with Crippen LogP contribution in [-0.2, 0) is 79.3 Å². The van der Waals surface area contributed by atoms with Crippen LogP contribution in [0.2, 0.25) is 0 Å². The zero-order chi connectivity index (χ0) is 61.0. The number of fused-ring (bicyclic) bond motifs is 5. The molecule has 31 heteroatoms. The number of carbonyl (C=O) groups excluding carboxylic acids is 9. The first-order valence-electron chi connectivity index (χ1n) is 27.7. The number of phosphoric acid groups is 1. The summed E-state index contributed by atoms with van der Waals surface area (Å²) in [4.78, 5) is 163. The third-order valence-electron chi connectivity index (χ3n) is 15.3. The summed E-state index contributed by atoms with van der Waals surface area (Å²) in [6, 6.07) is -3.93. The first-order valence-corrected chi connectivity index (χ1v) is 32.2. The van der Waals surface area contributed by atoms with Gasteiger partial charge in [-0.25, -0.2) is 9.09 Å². The van der Waals surface area contributed by atoms with E-state index in [9.17, 15) is 72.5 Å². The molecule has 0 saturated carbocycles. The van der Waals surface area contributed by atoms with Crippen LogP contribution in [0.1, 0.15) is 83.8 Å². The minimum atomic E-state index is -5.08. The minimum Gasteiger partial charge on any atom is -0.481 e. The van der Waals surface area contributed by atoms with Crippen molar-refractivity contribution in [2.45, 2.75) is 133 Å². The first kappa shape index (κ1) is 66.1. The molecule has 11 N–H and O–H groups in total. The van der Waals surface area contributed by atoms with E-state index < -0.39 is 147 Å². The molecule has 0 aliphatic carbocycles. The van der Waals surface area contributed by atoms with Gasteiger partial charge in [0, 0.05) is 66.5 Å². The quantitative estimate of drug-likeness (QED) is 0.0816. The predicted molar refractivity (Wildman–Crippen MR) is 306 cm³/mol. The van der Waals surface area contributed by atoms with Gasteiger partial charge in [0.25, 0.3) is 5.91 Å². The number of aliphatic carboxylic acids is 1. The SMILES string of the molecule is CC[C@H](C)[C@@H]1NC(=O)CNC[C@H]2CC(=O)[C@H]([C@@H](C)CC)NC(=O)[C@@H]3C[C@@H](O)CN3C(=O)[C@H](CC(=O)O)NC(=O)[C@H](CSc3[nH]c4cc(OCOP(=O)(O)O)c(CC(=O)C5COC(CNC(=O)C6=CSCS6)OC5)cc4c3C2)NC(=O)CCC1=O. The van der Waals surface area contributed by atoms with Crippen molar-refractivity contribution in [1.82, 2.24) is 41.8 Å². The van der Waals surface area contributed by atoms with Crippen molar-refractivity contribution < 1.29 is 91.2 Å². The molecule has 84 heavy (non-hydrogen) atoms. The topological polar surface area (TPSA) is 397 Å². The number of nitrogens with one attached hydrogen (secondary N) is 7. The number of aromatic nitrogens is 1. The number of benzene rings is 1. The number of nitrogens with zero attached hydrogens (tertiary/aromatic N) is 1. The average molecular weight is 1250 g/mol. The molecule has 6 heterocycles. The number of aliphatic hydroxyl groups excluding tert-OH is 1. The number of carboxylic acids is 1. The maximum Gasteiger partial charge on any atom is 0.472 e. The molecule has 1 aromatic carbocycles. The molecule has 0 spiro atoms. The van der Waals surface area contributed by atoms with Crippen LogP contribution in [0.4, 0.5) is 0 Å². The first-order chi connectivity index (χ1) is 39.9. The zero-order valence-electron chi connectivity index (χ0n) is 46.8. The lowest BCUT2D eigenvalue weighted by Crippen LogP contribution is -2.58. The van der Waals surface area contributed by atoms with Crippen molar-refractivity contribution in [3.8, 4) is 5.75 Å². The number of H-pyrrole nitrogens is 1. The Kier molecular flexibility index (Phi) is 23.8. The van der Waals surface area contributed by atoms with Crippen LogP contribution in [0.5, 0.6) is 5.75 Å². The van der Waals surface area contributed by atoms with Crippen LogP contribution in [-0.4, -0.2) is 188 Å². The van der Waals surface area contributed by atoms with Crippen LogP contribution in [0.3, 0.4) is 0 Å². The third kappa shape index (κ3) is 18.1. The maximum absolute atomic E-state index is 14.9. The highest BCUT2D eigenvalue weighted by atomic mass is 32.2. The molecule has 2 bridgehead atoms. The normalized spacial score (nSPS) is 27.3. The van der Waals surface area contributed by atoms with E-state index in [0.717, 1.165) is 21.7 Å². The number of hydrogen-bond donors (Lipinski definition) is 11. The molecule has 27 nitrogen and oxygen atoms in total. The van der Waals surface area contributed by atoms with Crippen molar-refractivity contribution in [2.24, 2.45) is 23.7 Å². The van der Waals surface area contributed by atoms with E-state index in [0.29, 0.717) is 39.2 Å². The van der Waals surface area contributed by atoms with Gasteiger partial charge in [0.05, 0.1) is 72.3 Å². The van der Waals surface area contributed by atoms with E-state index in [-0.39, 0.29) is 93.8 Å². The van der Waals surface area contributed by atoms with Crippen molar-refractivity contribution in [3.05, 3.63) is 33.6 Å². The van der Waals surface area contributed by atoms with Gasteiger partial charge in [-0.3, -0.25) is 47.9 Å². The molecule has 9 atom stereocenters. The highest BCUT2D eigenvalue weighted by molar-refractivity contribution is 8.22. The second kappa shape index (κ2) is 30.3. The predicted octanol–water partition coefficient (Wildman–Crippen LogP) is 0.753. The number of rotatable bonds is 16. The molecule has 0 radical (unpaired) electrons. The number of Topliss-reactive ketones (excluding diaryl/α,β-unsaturated/α-hetero) is 3. The van der Waals surface area contributed by atoms with Gasteiger partial charge in [0.15, 0.2) is 24.6 Å². The Balaban J connectivity index is 1.32. The summed E-state index contributed by atoms with van der Waals surface area (Å²) in [7, 11) is -5.08. The maximum atomic E-state index is 14.9. The number of carboxylic acid groups (broad SMARTS) is 1. The molecule has 1 aromatic heterocycles. The number of aliphatic hydroxyl groups is 1. The van der Waals surface area contributed by atoms with Gasteiger partial charge in [-0.2, -0.15) is 0 Å². The summed E-state index contributed by atoms with van der Waals surface area (Å²) in [6.45, 7) is 5.27. The molecular formula is C53H73N8O19PS3. The van der Waals surface area contributed by atoms with E-state index in [1.807, 2.05) is 13.8 Å². The summed E-state index contributed by atoms with van der Waals surface area (Å²) in [5.41, 5.74) is 0.997. The summed E-state index contributed by atoms with van der Waals surface area (Å²) >= 11 is 3.90. The lowest BCUT2D eigenvalue weighted by Gasteiger charge is -2.31. The summed E-state index contributed by atoms with van der Waals surface area (Å²) in [6.07, 6.45) is -3.92. The number of carbonyl (C=O) groups is 10. The smallest absolute Gasteiger partial charge is 0.472 e. The van der Waals surface area contributed by atoms with E-state index >= 15 is 0 Å². The largest absolute Gasteiger partial charge is 0.481 e. The second-order valence-electron chi connectivity index (χ2n) is 21.5. The fraction of sp³-hybridized carbons (Fsp3) is 0.623. The Hall–Kier alpha value is -5.40. The molecule has 7 rings (SSSR count). The van der Waals surface area contributed by atoms with Gasteiger partial charge in [-0.15, -0.1) is 35.3 Å². The number of thioether (sulfide) groups is 3. The van der Waals surface area contributed by atoms with E-state index in [2.05, 4.69) is 41.4 Å². The van der Waals surface area contributed by atoms with Crippen LogP contribution in [0.15, 0.2) is 27.5 Å². The molecule has 2 fully saturated rings. The molecule has 2 aromatic rings. The Morgan fingerprint density at radius 2 is 1.61 bits per heavy atom. The molecule has 0 unspecified atom stereocenters. The number of amides is 6. The molecule has 5 aliphatic heterocycles. The highest BCUT2D eigenvalue weighted by Gasteiger charge is 2.44. The molecule has 6 amide bonds. The summed E-state index contributed by atoms with van der Waals surface area (Å²) < 4.78 is 33.9. The van der Waals surface area contributed by atoms with Crippen LogP contribution < -0.4 is 36.6 Å².